The fourth-order valence-electron chi connectivity index (χ4n) is 3.97. The summed E-state index contributed by atoms with van der Waals surface area (Å²) in [5.41, 5.74) is 11.7. The number of pyridine rings is 1. The minimum Gasteiger partial charge on any atom is -0.397 e. The predicted molar refractivity (Wildman–Crippen MR) is 111 cm³/mol. The van der Waals surface area contributed by atoms with Gasteiger partial charge >= 0.3 is 0 Å². The van der Waals surface area contributed by atoms with Gasteiger partial charge in [-0.1, -0.05) is 42.5 Å². The number of nitrogens with zero attached hydrogens (tertiary/aromatic N) is 1. The van der Waals surface area contributed by atoms with Gasteiger partial charge < -0.3 is 5.73 Å². The maximum absolute atomic E-state index is 13.5. The van der Waals surface area contributed by atoms with Gasteiger partial charge in [0.15, 0.2) is 0 Å². The van der Waals surface area contributed by atoms with Crippen molar-refractivity contribution < 1.29 is 9.18 Å². The van der Waals surface area contributed by atoms with Gasteiger partial charge in [0.25, 0.3) is 0 Å². The van der Waals surface area contributed by atoms with Gasteiger partial charge in [-0.05, 0) is 48.1 Å². The standard InChI is InChI=1S/C23H17FN2OS/c24-15-11-9-13(10-12-15)18-16-7-4-8-17(16)26-23-19(18)20(25)22(28-23)21(27)14-5-2-1-3-6-14/h1-3,5-6,9-12H,4,7-8,25H2. The lowest BCUT2D eigenvalue weighted by atomic mass is 9.95. The van der Waals surface area contributed by atoms with Gasteiger partial charge in [0.2, 0.25) is 5.78 Å². The van der Waals surface area contributed by atoms with Crippen molar-refractivity contribution in [1.82, 2.24) is 4.98 Å². The average molecular weight is 388 g/mol. The van der Waals surface area contributed by atoms with Crippen LogP contribution in [0.15, 0.2) is 54.6 Å². The molecule has 4 aromatic rings. The van der Waals surface area contributed by atoms with Crippen LogP contribution in [0.4, 0.5) is 10.1 Å². The third kappa shape index (κ3) is 2.62. The summed E-state index contributed by atoms with van der Waals surface area (Å²) in [6.07, 6.45) is 2.88. The van der Waals surface area contributed by atoms with Crippen LogP contribution in [0, 0.1) is 5.82 Å². The van der Waals surface area contributed by atoms with Crippen molar-refractivity contribution in [2.45, 2.75) is 19.3 Å². The Morgan fingerprint density at radius 1 is 1.04 bits per heavy atom. The first-order valence-electron chi connectivity index (χ1n) is 9.23. The van der Waals surface area contributed by atoms with Crippen molar-refractivity contribution >= 4 is 33.0 Å². The molecule has 3 nitrogen and oxygen atoms in total. The van der Waals surface area contributed by atoms with Crippen LogP contribution in [-0.2, 0) is 12.8 Å². The van der Waals surface area contributed by atoms with E-state index in [9.17, 15) is 9.18 Å². The second kappa shape index (κ2) is 6.53. The number of ketones is 1. The summed E-state index contributed by atoms with van der Waals surface area (Å²) in [5, 5.41) is 0.816. The van der Waals surface area contributed by atoms with Gasteiger partial charge in [0.05, 0.1) is 5.69 Å². The number of hydrogen-bond acceptors (Lipinski definition) is 4. The summed E-state index contributed by atoms with van der Waals surface area (Å²) in [4.78, 5) is 19.2. The summed E-state index contributed by atoms with van der Waals surface area (Å²) in [7, 11) is 0. The Labute approximate surface area is 165 Å². The number of rotatable bonds is 3. The third-order valence-corrected chi connectivity index (χ3v) is 6.38. The highest BCUT2D eigenvalue weighted by Crippen LogP contribution is 2.44. The molecule has 0 saturated carbocycles. The molecule has 1 aliphatic rings. The van der Waals surface area contributed by atoms with Crippen molar-refractivity contribution in [3.8, 4) is 11.1 Å². The number of anilines is 1. The molecule has 2 N–H and O–H groups in total. The van der Waals surface area contributed by atoms with E-state index in [1.807, 2.05) is 18.2 Å². The smallest absolute Gasteiger partial charge is 0.205 e. The number of halogens is 1. The van der Waals surface area contributed by atoms with E-state index < -0.39 is 0 Å². The normalized spacial score (nSPS) is 13.0. The third-order valence-electron chi connectivity index (χ3n) is 5.28. The Hall–Kier alpha value is -3.05. The highest BCUT2D eigenvalue weighted by Gasteiger charge is 2.26. The molecule has 0 amide bonds. The van der Waals surface area contributed by atoms with E-state index in [0.717, 1.165) is 46.3 Å². The zero-order valence-corrected chi connectivity index (χ0v) is 15.9. The summed E-state index contributed by atoms with van der Waals surface area (Å²) in [6.45, 7) is 0. The van der Waals surface area contributed by atoms with Gasteiger partial charge in [-0.15, -0.1) is 11.3 Å². The van der Waals surface area contributed by atoms with Crippen LogP contribution in [0.5, 0.6) is 0 Å². The fourth-order valence-corrected chi connectivity index (χ4v) is 5.06. The van der Waals surface area contributed by atoms with Crippen LogP contribution >= 0.6 is 11.3 Å². The average Bonchev–Trinajstić information content (AvgIpc) is 3.32. The lowest BCUT2D eigenvalue weighted by Crippen LogP contribution is -2.02. The van der Waals surface area contributed by atoms with Crippen molar-refractivity contribution in [2.75, 3.05) is 5.73 Å². The first kappa shape index (κ1) is 17.1. The van der Waals surface area contributed by atoms with Crippen LogP contribution in [-0.4, -0.2) is 10.8 Å². The molecule has 5 heteroatoms. The molecule has 0 atom stereocenters. The Morgan fingerprint density at radius 3 is 2.54 bits per heavy atom. The van der Waals surface area contributed by atoms with Crippen molar-refractivity contribution in [3.63, 3.8) is 0 Å². The van der Waals surface area contributed by atoms with Gasteiger partial charge in [-0.25, -0.2) is 9.37 Å². The number of benzene rings is 2. The Morgan fingerprint density at radius 2 is 1.79 bits per heavy atom. The molecule has 1 aliphatic carbocycles. The number of nitrogen functional groups attached to an aromatic ring is 1. The predicted octanol–water partition coefficient (Wildman–Crippen LogP) is 5.40. The number of carbonyl (C=O) groups excluding carboxylic acids is 1. The largest absolute Gasteiger partial charge is 0.397 e. The second-order valence-corrected chi connectivity index (χ2v) is 7.99. The lowest BCUT2D eigenvalue weighted by molar-refractivity contribution is 0.104. The van der Waals surface area contributed by atoms with Crippen LogP contribution < -0.4 is 5.73 Å². The topological polar surface area (TPSA) is 56.0 Å². The van der Waals surface area contributed by atoms with Gasteiger partial charge in [0, 0.05) is 16.6 Å². The molecule has 28 heavy (non-hydrogen) atoms. The quantitative estimate of drug-likeness (QED) is 0.478. The second-order valence-electron chi connectivity index (χ2n) is 6.99. The van der Waals surface area contributed by atoms with Crippen molar-refractivity contribution in [3.05, 3.63) is 82.1 Å². The lowest BCUT2D eigenvalue weighted by Gasteiger charge is -2.11. The molecule has 5 rings (SSSR count). The van der Waals surface area contributed by atoms with Gasteiger partial charge in [-0.2, -0.15) is 0 Å². The van der Waals surface area contributed by atoms with Crippen molar-refractivity contribution in [2.24, 2.45) is 0 Å². The molecule has 0 unspecified atom stereocenters. The molecule has 0 bridgehead atoms. The number of nitrogens with two attached hydrogens (primary N) is 1. The first-order chi connectivity index (χ1) is 13.6. The Bertz CT molecular complexity index is 1210. The zero-order chi connectivity index (χ0) is 19.3. The number of aromatic nitrogens is 1. The molecule has 0 saturated heterocycles. The van der Waals surface area contributed by atoms with Crippen molar-refractivity contribution in [1.29, 1.82) is 0 Å². The SMILES string of the molecule is Nc1c(C(=O)c2ccccc2)sc2nc3c(c(-c4ccc(F)cc4)c12)CCC3. The molecular weight excluding hydrogens is 371 g/mol. The fraction of sp³-hybridized carbons (Fsp3) is 0.130. The van der Waals surface area contributed by atoms with E-state index in [2.05, 4.69) is 0 Å². The van der Waals surface area contributed by atoms with E-state index in [0.29, 0.717) is 16.1 Å². The number of carbonyl (C=O) groups is 1. The molecule has 138 valence electrons. The summed E-state index contributed by atoms with van der Waals surface area (Å²) in [6, 6.07) is 15.6. The molecule has 2 heterocycles. The number of hydrogen-bond donors (Lipinski definition) is 1. The van der Waals surface area contributed by atoms with Crippen LogP contribution in [0.1, 0.15) is 32.9 Å². The highest BCUT2D eigenvalue weighted by molar-refractivity contribution is 7.21. The first-order valence-corrected chi connectivity index (χ1v) is 10.0. The molecular formula is C23H17FN2OS. The maximum atomic E-state index is 13.5. The van der Waals surface area contributed by atoms with E-state index in [4.69, 9.17) is 10.7 Å². The molecule has 2 aromatic heterocycles. The summed E-state index contributed by atoms with van der Waals surface area (Å²) in [5.74, 6) is -0.366. The molecule has 2 aromatic carbocycles. The maximum Gasteiger partial charge on any atom is 0.205 e. The van der Waals surface area contributed by atoms with Gasteiger partial charge in [0.1, 0.15) is 15.5 Å². The van der Waals surface area contributed by atoms with E-state index in [1.165, 1.54) is 29.0 Å². The van der Waals surface area contributed by atoms with Crippen LogP contribution in [0.25, 0.3) is 21.3 Å². The highest BCUT2D eigenvalue weighted by atomic mass is 32.1. The van der Waals surface area contributed by atoms with E-state index in [-0.39, 0.29) is 11.6 Å². The molecule has 0 aliphatic heterocycles. The minimum atomic E-state index is -0.274. The molecule has 0 radical (unpaired) electrons. The van der Waals surface area contributed by atoms with E-state index >= 15 is 0 Å². The number of thiophene rings is 1. The monoisotopic (exact) mass is 388 g/mol. The number of aryl methyl sites for hydroxylation is 1. The summed E-state index contributed by atoms with van der Waals surface area (Å²) >= 11 is 1.35. The van der Waals surface area contributed by atoms with Crippen LogP contribution in [0.3, 0.4) is 0 Å². The minimum absolute atomic E-state index is 0.0914. The van der Waals surface area contributed by atoms with Gasteiger partial charge in [-0.3, -0.25) is 4.79 Å². The summed E-state index contributed by atoms with van der Waals surface area (Å²) < 4.78 is 13.5. The molecule has 0 spiro atoms. The Kier molecular flexibility index (Phi) is 3.98. The zero-order valence-electron chi connectivity index (χ0n) is 15.0. The van der Waals surface area contributed by atoms with Crippen LogP contribution in [0.2, 0.25) is 0 Å². The van der Waals surface area contributed by atoms with E-state index in [1.54, 1.807) is 24.3 Å². The number of fused-ring (bicyclic) bond motifs is 2. The Balaban J connectivity index is 1.78. The molecule has 0 fully saturated rings.